The van der Waals surface area contributed by atoms with Gasteiger partial charge < -0.3 is 14.8 Å². The zero-order valence-corrected chi connectivity index (χ0v) is 14.0. The first-order chi connectivity index (χ1) is 12.1. The van der Waals surface area contributed by atoms with Crippen molar-refractivity contribution in [2.24, 2.45) is 0 Å². The minimum absolute atomic E-state index is 0.0637. The molecule has 1 amide bonds. The van der Waals surface area contributed by atoms with Crippen LogP contribution in [-0.2, 0) is 9.53 Å². The predicted molar refractivity (Wildman–Crippen MR) is 92.2 cm³/mol. The lowest BCUT2D eigenvalue weighted by molar-refractivity contribution is -0.116. The number of nitrogens with one attached hydrogen (secondary N) is 1. The van der Waals surface area contributed by atoms with Gasteiger partial charge in [-0.1, -0.05) is 19.1 Å². The monoisotopic (exact) mass is 345 g/mol. The van der Waals surface area contributed by atoms with Gasteiger partial charge in [0.1, 0.15) is 0 Å². The van der Waals surface area contributed by atoms with Crippen molar-refractivity contribution in [2.45, 2.75) is 19.8 Å². The maximum Gasteiger partial charge on any atom is 0.338 e. The standard InChI is InChI=1S/C19H20FNO4/c1-2-12-25-19(23)14-7-9-15(10-8-14)21-18(22)11-13-24-17-6-4-3-5-16(17)20/h3-10H,2,11-13H2,1H3,(H,21,22). The molecule has 0 aromatic heterocycles. The number of hydrogen-bond donors (Lipinski definition) is 1. The average molecular weight is 345 g/mol. The summed E-state index contributed by atoms with van der Waals surface area (Å²) in [7, 11) is 0. The molecule has 0 spiro atoms. The molecular weight excluding hydrogens is 325 g/mol. The van der Waals surface area contributed by atoms with Crippen molar-refractivity contribution in [1.82, 2.24) is 0 Å². The van der Waals surface area contributed by atoms with Gasteiger partial charge in [-0.2, -0.15) is 0 Å². The zero-order chi connectivity index (χ0) is 18.1. The van der Waals surface area contributed by atoms with E-state index in [1.807, 2.05) is 6.92 Å². The number of carbonyl (C=O) groups is 2. The second kappa shape index (κ2) is 9.42. The molecule has 0 aliphatic carbocycles. The van der Waals surface area contributed by atoms with Crippen LogP contribution < -0.4 is 10.1 Å². The van der Waals surface area contributed by atoms with Gasteiger partial charge in [-0.3, -0.25) is 4.79 Å². The highest BCUT2D eigenvalue weighted by atomic mass is 19.1. The molecule has 1 N–H and O–H groups in total. The fraction of sp³-hybridized carbons (Fsp3) is 0.263. The SMILES string of the molecule is CCCOC(=O)c1ccc(NC(=O)CCOc2ccccc2F)cc1. The summed E-state index contributed by atoms with van der Waals surface area (Å²) < 4.78 is 23.6. The van der Waals surface area contributed by atoms with E-state index < -0.39 is 11.8 Å². The number of rotatable bonds is 8. The number of anilines is 1. The lowest BCUT2D eigenvalue weighted by Crippen LogP contribution is -2.15. The third kappa shape index (κ3) is 5.91. The van der Waals surface area contributed by atoms with Crippen LogP contribution in [-0.4, -0.2) is 25.1 Å². The van der Waals surface area contributed by atoms with Gasteiger partial charge in [-0.15, -0.1) is 0 Å². The largest absolute Gasteiger partial charge is 0.490 e. The van der Waals surface area contributed by atoms with Crippen LogP contribution >= 0.6 is 0 Å². The van der Waals surface area contributed by atoms with Crippen molar-refractivity contribution in [1.29, 1.82) is 0 Å². The van der Waals surface area contributed by atoms with Gasteiger partial charge in [0.05, 0.1) is 25.2 Å². The number of carbonyl (C=O) groups excluding carboxylic acids is 2. The molecule has 0 aliphatic heterocycles. The van der Waals surface area contributed by atoms with Crippen LogP contribution in [0.15, 0.2) is 48.5 Å². The summed E-state index contributed by atoms with van der Waals surface area (Å²) in [5.41, 5.74) is 0.984. The minimum Gasteiger partial charge on any atom is -0.490 e. The Labute approximate surface area is 145 Å². The van der Waals surface area contributed by atoms with E-state index in [2.05, 4.69) is 5.32 Å². The summed E-state index contributed by atoms with van der Waals surface area (Å²) in [6, 6.07) is 12.4. The Kier molecular flexibility index (Phi) is 6.95. The van der Waals surface area contributed by atoms with Gasteiger partial charge in [0.2, 0.25) is 5.91 Å². The third-order valence-corrected chi connectivity index (χ3v) is 3.26. The van der Waals surface area contributed by atoms with E-state index in [0.29, 0.717) is 17.9 Å². The molecule has 132 valence electrons. The molecule has 2 aromatic rings. The number of para-hydroxylation sites is 1. The first-order valence-electron chi connectivity index (χ1n) is 8.04. The topological polar surface area (TPSA) is 64.6 Å². The minimum atomic E-state index is -0.464. The first-order valence-corrected chi connectivity index (χ1v) is 8.04. The van der Waals surface area contributed by atoms with Crippen molar-refractivity contribution < 1.29 is 23.5 Å². The summed E-state index contributed by atoms with van der Waals surface area (Å²) >= 11 is 0. The molecular formula is C19H20FNO4. The molecule has 0 unspecified atom stereocenters. The predicted octanol–water partition coefficient (Wildman–Crippen LogP) is 3.80. The summed E-state index contributed by atoms with van der Waals surface area (Å²) in [6.07, 6.45) is 0.837. The summed E-state index contributed by atoms with van der Waals surface area (Å²) in [6.45, 7) is 2.36. The Morgan fingerprint density at radius 1 is 1.04 bits per heavy atom. The lowest BCUT2D eigenvalue weighted by Gasteiger charge is -2.08. The number of halogens is 1. The molecule has 0 saturated heterocycles. The molecule has 0 saturated carbocycles. The highest BCUT2D eigenvalue weighted by Crippen LogP contribution is 2.16. The quantitative estimate of drug-likeness (QED) is 0.739. The third-order valence-electron chi connectivity index (χ3n) is 3.26. The first kappa shape index (κ1) is 18.4. The van der Waals surface area contributed by atoms with E-state index >= 15 is 0 Å². The van der Waals surface area contributed by atoms with Crippen LogP contribution in [0.4, 0.5) is 10.1 Å². The summed E-state index contributed by atoms with van der Waals surface area (Å²) in [5, 5.41) is 2.69. The van der Waals surface area contributed by atoms with E-state index in [1.54, 1.807) is 36.4 Å². The molecule has 0 bridgehead atoms. The maximum absolute atomic E-state index is 13.4. The van der Waals surface area contributed by atoms with Gasteiger partial charge >= 0.3 is 5.97 Å². The average Bonchev–Trinajstić information content (AvgIpc) is 2.62. The highest BCUT2D eigenvalue weighted by molar-refractivity contribution is 5.93. The van der Waals surface area contributed by atoms with Gasteiger partial charge in [0.15, 0.2) is 11.6 Å². The second-order valence-corrected chi connectivity index (χ2v) is 5.29. The molecule has 0 radical (unpaired) electrons. The Balaban J connectivity index is 1.78. The number of hydrogen-bond acceptors (Lipinski definition) is 4. The lowest BCUT2D eigenvalue weighted by atomic mass is 10.2. The van der Waals surface area contributed by atoms with E-state index in [-0.39, 0.29) is 24.7 Å². The number of esters is 1. The molecule has 0 aliphatic rings. The van der Waals surface area contributed by atoms with E-state index in [9.17, 15) is 14.0 Å². The van der Waals surface area contributed by atoms with Crippen molar-refractivity contribution in [3.63, 3.8) is 0 Å². The Hall–Kier alpha value is -2.89. The molecule has 0 heterocycles. The van der Waals surface area contributed by atoms with Crippen molar-refractivity contribution in [2.75, 3.05) is 18.5 Å². The Bertz CT molecular complexity index is 716. The van der Waals surface area contributed by atoms with E-state index in [0.717, 1.165) is 6.42 Å². The zero-order valence-electron chi connectivity index (χ0n) is 14.0. The van der Waals surface area contributed by atoms with Crippen LogP contribution in [0, 0.1) is 5.82 Å². The van der Waals surface area contributed by atoms with Crippen LogP contribution in [0.1, 0.15) is 30.1 Å². The maximum atomic E-state index is 13.4. The van der Waals surface area contributed by atoms with Gasteiger partial charge in [0, 0.05) is 5.69 Å². The van der Waals surface area contributed by atoms with Crippen LogP contribution in [0.25, 0.3) is 0 Å². The van der Waals surface area contributed by atoms with Gasteiger partial charge in [0.25, 0.3) is 0 Å². The fourth-order valence-corrected chi connectivity index (χ4v) is 2.01. The smallest absolute Gasteiger partial charge is 0.338 e. The van der Waals surface area contributed by atoms with E-state index in [4.69, 9.17) is 9.47 Å². The summed E-state index contributed by atoms with van der Waals surface area (Å²) in [5.74, 6) is -1.01. The fourth-order valence-electron chi connectivity index (χ4n) is 2.01. The molecule has 25 heavy (non-hydrogen) atoms. The molecule has 6 heteroatoms. The van der Waals surface area contributed by atoms with Crippen LogP contribution in [0.3, 0.4) is 0 Å². The molecule has 5 nitrogen and oxygen atoms in total. The van der Waals surface area contributed by atoms with Crippen LogP contribution in [0.5, 0.6) is 5.75 Å². The van der Waals surface area contributed by atoms with Crippen molar-refractivity contribution in [3.05, 3.63) is 59.9 Å². The molecule has 2 rings (SSSR count). The normalized spacial score (nSPS) is 10.2. The van der Waals surface area contributed by atoms with E-state index in [1.165, 1.54) is 12.1 Å². The molecule has 2 aromatic carbocycles. The highest BCUT2D eigenvalue weighted by Gasteiger charge is 2.08. The number of amides is 1. The molecule has 0 atom stereocenters. The molecule has 0 fully saturated rings. The Morgan fingerprint density at radius 2 is 1.76 bits per heavy atom. The van der Waals surface area contributed by atoms with Crippen molar-refractivity contribution >= 4 is 17.6 Å². The van der Waals surface area contributed by atoms with Crippen molar-refractivity contribution in [3.8, 4) is 5.75 Å². The number of ether oxygens (including phenoxy) is 2. The van der Waals surface area contributed by atoms with Gasteiger partial charge in [-0.05, 0) is 42.8 Å². The Morgan fingerprint density at radius 3 is 2.44 bits per heavy atom. The van der Waals surface area contributed by atoms with Crippen LogP contribution in [0.2, 0.25) is 0 Å². The second-order valence-electron chi connectivity index (χ2n) is 5.29. The number of benzene rings is 2. The summed E-state index contributed by atoms with van der Waals surface area (Å²) in [4.78, 5) is 23.6. The van der Waals surface area contributed by atoms with Gasteiger partial charge in [-0.25, -0.2) is 9.18 Å².